The summed E-state index contributed by atoms with van der Waals surface area (Å²) in [6, 6.07) is 4.86. The Morgan fingerprint density at radius 2 is 2.21 bits per heavy atom. The van der Waals surface area contributed by atoms with Gasteiger partial charge in [-0.05, 0) is 55.4 Å². The van der Waals surface area contributed by atoms with E-state index in [-0.39, 0.29) is 17.3 Å². The van der Waals surface area contributed by atoms with Crippen molar-refractivity contribution in [3.05, 3.63) is 34.1 Å². The van der Waals surface area contributed by atoms with E-state index in [0.717, 1.165) is 29.5 Å². The third kappa shape index (κ3) is 2.70. The highest BCUT2D eigenvalue weighted by molar-refractivity contribution is 9.10. The summed E-state index contributed by atoms with van der Waals surface area (Å²) in [5, 5.41) is 0. The van der Waals surface area contributed by atoms with E-state index in [1.165, 1.54) is 18.9 Å². The molecule has 2 unspecified atom stereocenters. The van der Waals surface area contributed by atoms with E-state index >= 15 is 0 Å². The normalized spacial score (nSPS) is 30.8. The van der Waals surface area contributed by atoms with Crippen LogP contribution >= 0.6 is 27.5 Å². The lowest BCUT2D eigenvalue weighted by Crippen LogP contribution is -2.36. The minimum Gasteiger partial charge on any atom is -0.377 e. The number of ether oxygens (including phenoxy) is 1. The van der Waals surface area contributed by atoms with Crippen molar-refractivity contribution in [3.63, 3.8) is 0 Å². The summed E-state index contributed by atoms with van der Waals surface area (Å²) in [4.78, 5) is 0. The molecule has 2 aliphatic rings. The average Bonchev–Trinajstić information content (AvgIpc) is 3.16. The Labute approximate surface area is 126 Å². The molecular formula is C15H17BrClFO. The van der Waals surface area contributed by atoms with Crippen molar-refractivity contribution in [2.45, 2.75) is 31.8 Å². The highest BCUT2D eigenvalue weighted by Gasteiger charge is 2.50. The van der Waals surface area contributed by atoms with Crippen LogP contribution in [0.5, 0.6) is 0 Å². The smallest absolute Gasteiger partial charge is 0.123 e. The lowest BCUT2D eigenvalue weighted by molar-refractivity contribution is 0.0402. The van der Waals surface area contributed by atoms with E-state index in [1.807, 2.05) is 0 Å². The van der Waals surface area contributed by atoms with Gasteiger partial charge in [-0.25, -0.2) is 4.39 Å². The summed E-state index contributed by atoms with van der Waals surface area (Å²) in [5.41, 5.74) is 0.968. The minimum absolute atomic E-state index is 0.0287. The van der Waals surface area contributed by atoms with Gasteiger partial charge >= 0.3 is 0 Å². The summed E-state index contributed by atoms with van der Waals surface area (Å²) >= 11 is 9.80. The van der Waals surface area contributed by atoms with Crippen LogP contribution in [0.15, 0.2) is 22.7 Å². The molecule has 1 saturated carbocycles. The van der Waals surface area contributed by atoms with E-state index in [2.05, 4.69) is 15.9 Å². The number of hydrogen-bond donors (Lipinski definition) is 0. The molecular weight excluding hydrogens is 331 g/mol. The molecule has 1 aromatic carbocycles. The third-order valence-corrected chi connectivity index (χ3v) is 5.67. The summed E-state index contributed by atoms with van der Waals surface area (Å²) in [6.45, 7) is 0.779. The minimum atomic E-state index is -0.190. The number of rotatable bonds is 4. The Morgan fingerprint density at radius 1 is 1.42 bits per heavy atom. The van der Waals surface area contributed by atoms with Gasteiger partial charge in [0, 0.05) is 22.4 Å². The van der Waals surface area contributed by atoms with Gasteiger partial charge in [-0.15, -0.1) is 11.6 Å². The predicted octanol–water partition coefficient (Wildman–Crippen LogP) is 4.55. The lowest BCUT2D eigenvalue weighted by atomic mass is 9.76. The zero-order chi connectivity index (χ0) is 13.5. The van der Waals surface area contributed by atoms with Crippen LogP contribution in [0.4, 0.5) is 4.39 Å². The van der Waals surface area contributed by atoms with Crippen molar-refractivity contribution in [2.75, 3.05) is 12.5 Å². The second-order valence-electron chi connectivity index (χ2n) is 5.79. The predicted molar refractivity (Wildman–Crippen MR) is 78.0 cm³/mol. The fourth-order valence-electron chi connectivity index (χ4n) is 3.18. The van der Waals surface area contributed by atoms with Crippen LogP contribution in [0, 0.1) is 17.2 Å². The number of alkyl halides is 1. The molecule has 1 heterocycles. The Balaban J connectivity index is 1.87. The first-order chi connectivity index (χ1) is 9.14. The van der Waals surface area contributed by atoms with Gasteiger partial charge in [0.15, 0.2) is 0 Å². The van der Waals surface area contributed by atoms with Gasteiger partial charge in [0.25, 0.3) is 0 Å². The SMILES string of the molecule is Fc1ccc(Br)c(CC2(CCl)CCOC2C2CC2)c1. The van der Waals surface area contributed by atoms with Crippen LogP contribution < -0.4 is 0 Å². The maximum Gasteiger partial charge on any atom is 0.123 e. The van der Waals surface area contributed by atoms with Crippen molar-refractivity contribution in [1.82, 2.24) is 0 Å². The lowest BCUT2D eigenvalue weighted by Gasteiger charge is -2.33. The third-order valence-electron chi connectivity index (χ3n) is 4.37. The molecule has 2 fully saturated rings. The first kappa shape index (κ1) is 13.8. The Morgan fingerprint density at radius 3 is 2.89 bits per heavy atom. The molecule has 0 spiro atoms. The molecule has 104 valence electrons. The van der Waals surface area contributed by atoms with Gasteiger partial charge in [-0.2, -0.15) is 0 Å². The van der Waals surface area contributed by atoms with E-state index in [1.54, 1.807) is 12.1 Å². The zero-order valence-electron chi connectivity index (χ0n) is 10.7. The zero-order valence-corrected chi connectivity index (χ0v) is 13.0. The molecule has 0 radical (unpaired) electrons. The molecule has 4 heteroatoms. The second kappa shape index (κ2) is 5.34. The van der Waals surface area contributed by atoms with Gasteiger partial charge in [0.2, 0.25) is 0 Å². The van der Waals surface area contributed by atoms with Crippen LogP contribution in [0.3, 0.4) is 0 Å². The van der Waals surface area contributed by atoms with Crippen molar-refractivity contribution in [2.24, 2.45) is 11.3 Å². The second-order valence-corrected chi connectivity index (χ2v) is 6.91. The van der Waals surface area contributed by atoms with E-state index in [4.69, 9.17) is 16.3 Å². The molecule has 1 aliphatic carbocycles. The Bertz CT molecular complexity index is 477. The maximum absolute atomic E-state index is 13.4. The number of hydrogen-bond acceptors (Lipinski definition) is 1. The molecule has 0 amide bonds. The molecule has 1 nitrogen and oxygen atoms in total. The highest BCUT2D eigenvalue weighted by Crippen LogP contribution is 2.50. The first-order valence-electron chi connectivity index (χ1n) is 6.76. The van der Waals surface area contributed by atoms with E-state index in [0.29, 0.717) is 11.8 Å². The quantitative estimate of drug-likeness (QED) is 0.726. The first-order valence-corrected chi connectivity index (χ1v) is 8.09. The molecule has 0 N–H and O–H groups in total. The summed E-state index contributed by atoms with van der Waals surface area (Å²) in [5.74, 6) is 1.05. The van der Waals surface area contributed by atoms with Crippen molar-refractivity contribution in [1.29, 1.82) is 0 Å². The van der Waals surface area contributed by atoms with Crippen LogP contribution in [0.1, 0.15) is 24.8 Å². The standard InChI is InChI=1S/C15H17BrClFO/c16-13-4-3-12(18)7-11(13)8-15(9-17)5-6-19-14(15)10-1-2-10/h3-4,7,10,14H,1-2,5-6,8-9H2. The molecule has 1 saturated heterocycles. The van der Waals surface area contributed by atoms with Gasteiger partial charge < -0.3 is 4.74 Å². The monoisotopic (exact) mass is 346 g/mol. The van der Waals surface area contributed by atoms with Crippen LogP contribution in [0.25, 0.3) is 0 Å². The van der Waals surface area contributed by atoms with Crippen LogP contribution in [-0.2, 0) is 11.2 Å². The fourth-order valence-corrected chi connectivity index (χ4v) is 3.95. The summed E-state index contributed by atoms with van der Waals surface area (Å²) in [6.07, 6.45) is 4.50. The molecule has 0 aromatic heterocycles. The number of halogens is 3. The molecule has 0 bridgehead atoms. The topological polar surface area (TPSA) is 9.23 Å². The molecule has 3 rings (SSSR count). The summed E-state index contributed by atoms with van der Waals surface area (Å²) in [7, 11) is 0. The largest absolute Gasteiger partial charge is 0.377 e. The molecule has 2 atom stereocenters. The van der Waals surface area contributed by atoms with Crippen molar-refractivity contribution >= 4 is 27.5 Å². The van der Waals surface area contributed by atoms with E-state index < -0.39 is 0 Å². The molecule has 1 aromatic rings. The maximum atomic E-state index is 13.4. The average molecular weight is 348 g/mol. The molecule has 1 aliphatic heterocycles. The van der Waals surface area contributed by atoms with Gasteiger partial charge in [-0.1, -0.05) is 15.9 Å². The van der Waals surface area contributed by atoms with Gasteiger partial charge in [-0.3, -0.25) is 0 Å². The van der Waals surface area contributed by atoms with Crippen LogP contribution in [-0.4, -0.2) is 18.6 Å². The van der Waals surface area contributed by atoms with Crippen molar-refractivity contribution in [3.8, 4) is 0 Å². The fraction of sp³-hybridized carbons (Fsp3) is 0.600. The molecule has 19 heavy (non-hydrogen) atoms. The van der Waals surface area contributed by atoms with Crippen molar-refractivity contribution < 1.29 is 9.13 Å². The van der Waals surface area contributed by atoms with Gasteiger partial charge in [0.1, 0.15) is 5.82 Å². The van der Waals surface area contributed by atoms with Crippen LogP contribution in [0.2, 0.25) is 0 Å². The highest BCUT2D eigenvalue weighted by atomic mass is 79.9. The Kier molecular flexibility index (Phi) is 3.89. The summed E-state index contributed by atoms with van der Waals surface area (Å²) < 4.78 is 20.3. The number of benzene rings is 1. The Hall–Kier alpha value is -0.120. The van der Waals surface area contributed by atoms with Gasteiger partial charge in [0.05, 0.1) is 6.10 Å². The van der Waals surface area contributed by atoms with E-state index in [9.17, 15) is 4.39 Å².